The number of hydrogen-bond donors (Lipinski definition) is 2. The molecule has 2 rings (SSSR count). The van der Waals surface area contributed by atoms with Crippen molar-refractivity contribution in [1.29, 1.82) is 0 Å². The van der Waals surface area contributed by atoms with Crippen LogP contribution in [-0.4, -0.2) is 55.9 Å². The van der Waals surface area contributed by atoms with Crippen LogP contribution in [0, 0.1) is 5.92 Å². The van der Waals surface area contributed by atoms with Crippen molar-refractivity contribution in [3.05, 3.63) is 23.8 Å². The molecule has 0 aromatic heterocycles. The van der Waals surface area contributed by atoms with Crippen molar-refractivity contribution in [1.82, 2.24) is 10.2 Å². The van der Waals surface area contributed by atoms with E-state index in [1.54, 1.807) is 19.1 Å². The van der Waals surface area contributed by atoms with E-state index in [4.69, 9.17) is 9.47 Å². The first-order valence-corrected chi connectivity index (χ1v) is 8.43. The first-order chi connectivity index (χ1) is 11.6. The van der Waals surface area contributed by atoms with Gasteiger partial charge in [-0.1, -0.05) is 0 Å². The predicted octanol–water partition coefficient (Wildman–Crippen LogP) is 1.83. The lowest BCUT2D eigenvalue weighted by Gasteiger charge is -2.32. The molecule has 1 heterocycles. The van der Waals surface area contributed by atoms with E-state index in [0.717, 1.165) is 30.7 Å². The van der Waals surface area contributed by atoms with Crippen LogP contribution in [0.1, 0.15) is 25.3 Å². The molecular formula is C18H29ClN2O4. The molecule has 2 N–H and O–H groups in total. The summed E-state index contributed by atoms with van der Waals surface area (Å²) in [5.74, 6) is 1.54. The largest absolute Gasteiger partial charge is 0.497 e. The zero-order valence-corrected chi connectivity index (χ0v) is 16.0. The Labute approximate surface area is 155 Å². The lowest BCUT2D eigenvalue weighted by Crippen LogP contribution is -2.44. The van der Waals surface area contributed by atoms with Gasteiger partial charge in [0.25, 0.3) is 0 Å². The average molecular weight is 373 g/mol. The fourth-order valence-corrected chi connectivity index (χ4v) is 3.21. The number of halogens is 1. The maximum Gasteiger partial charge on any atom is 0.226 e. The third-order valence-electron chi connectivity index (χ3n) is 4.50. The van der Waals surface area contributed by atoms with Crippen molar-refractivity contribution in [3.63, 3.8) is 0 Å². The van der Waals surface area contributed by atoms with Crippen LogP contribution in [0.3, 0.4) is 0 Å². The summed E-state index contributed by atoms with van der Waals surface area (Å²) in [6.07, 6.45) is 1.66. The number of nitrogens with zero attached hydrogens (tertiary/aromatic N) is 1. The first-order valence-electron chi connectivity index (χ1n) is 8.43. The van der Waals surface area contributed by atoms with Crippen molar-refractivity contribution >= 4 is 18.3 Å². The van der Waals surface area contributed by atoms with E-state index in [1.165, 1.54) is 0 Å². The Morgan fingerprint density at radius 3 is 2.72 bits per heavy atom. The lowest BCUT2D eigenvalue weighted by atomic mass is 9.92. The number of ether oxygens (including phenoxy) is 2. The molecule has 1 aromatic carbocycles. The molecule has 25 heavy (non-hydrogen) atoms. The highest BCUT2D eigenvalue weighted by molar-refractivity contribution is 5.85. The maximum absolute atomic E-state index is 12.9. The van der Waals surface area contributed by atoms with Crippen LogP contribution in [0.4, 0.5) is 0 Å². The molecule has 1 amide bonds. The third kappa shape index (κ3) is 5.76. The summed E-state index contributed by atoms with van der Waals surface area (Å²) >= 11 is 0. The van der Waals surface area contributed by atoms with Gasteiger partial charge in [0.1, 0.15) is 11.5 Å². The summed E-state index contributed by atoms with van der Waals surface area (Å²) < 4.78 is 10.7. The minimum absolute atomic E-state index is 0. The topological polar surface area (TPSA) is 71.0 Å². The van der Waals surface area contributed by atoms with Gasteiger partial charge in [-0.05, 0) is 44.5 Å². The van der Waals surface area contributed by atoms with Crippen molar-refractivity contribution in [2.24, 2.45) is 5.92 Å². The second-order valence-corrected chi connectivity index (χ2v) is 6.24. The fourth-order valence-electron chi connectivity index (χ4n) is 3.21. The minimum Gasteiger partial charge on any atom is -0.497 e. The molecule has 0 spiro atoms. The van der Waals surface area contributed by atoms with Gasteiger partial charge in [0.2, 0.25) is 5.91 Å². The molecule has 142 valence electrons. The first kappa shape index (κ1) is 21.5. The second-order valence-electron chi connectivity index (χ2n) is 6.24. The molecule has 2 atom stereocenters. The van der Waals surface area contributed by atoms with Gasteiger partial charge in [0.15, 0.2) is 0 Å². The van der Waals surface area contributed by atoms with Crippen molar-refractivity contribution < 1.29 is 19.4 Å². The van der Waals surface area contributed by atoms with E-state index in [-0.39, 0.29) is 30.8 Å². The number of aliphatic hydroxyl groups excluding tert-OH is 1. The third-order valence-corrected chi connectivity index (χ3v) is 4.50. The fraction of sp³-hybridized carbons (Fsp3) is 0.611. The monoisotopic (exact) mass is 372 g/mol. The van der Waals surface area contributed by atoms with Gasteiger partial charge in [0, 0.05) is 30.6 Å². The zero-order valence-electron chi connectivity index (χ0n) is 15.2. The number of hydrogen-bond acceptors (Lipinski definition) is 5. The molecule has 1 fully saturated rings. The summed E-state index contributed by atoms with van der Waals surface area (Å²) in [4.78, 5) is 14.6. The molecule has 0 bridgehead atoms. The number of nitrogens with one attached hydrogen (secondary N) is 1. The Hall–Kier alpha value is -1.50. The van der Waals surface area contributed by atoms with Crippen molar-refractivity contribution in [2.75, 3.05) is 33.9 Å². The van der Waals surface area contributed by atoms with Crippen molar-refractivity contribution in [3.8, 4) is 11.5 Å². The van der Waals surface area contributed by atoms with E-state index >= 15 is 0 Å². The normalized spacial score (nSPS) is 19.7. The van der Waals surface area contributed by atoms with Crippen LogP contribution in [0.15, 0.2) is 18.2 Å². The summed E-state index contributed by atoms with van der Waals surface area (Å²) in [7, 11) is 3.22. The molecule has 0 aliphatic carbocycles. The molecule has 1 aliphatic heterocycles. The number of amides is 1. The Balaban J connectivity index is 0.00000312. The van der Waals surface area contributed by atoms with Gasteiger partial charge in [0.05, 0.1) is 20.8 Å². The second kappa shape index (κ2) is 10.5. The summed E-state index contributed by atoms with van der Waals surface area (Å²) in [5.41, 5.74) is 0.876. The van der Waals surface area contributed by atoms with E-state index in [1.807, 2.05) is 18.2 Å². The van der Waals surface area contributed by atoms with Gasteiger partial charge >= 0.3 is 0 Å². The Morgan fingerprint density at radius 1 is 1.36 bits per heavy atom. The number of benzene rings is 1. The van der Waals surface area contributed by atoms with E-state index in [2.05, 4.69) is 12.2 Å². The Morgan fingerprint density at radius 2 is 2.12 bits per heavy atom. The van der Waals surface area contributed by atoms with Crippen LogP contribution in [0.5, 0.6) is 11.5 Å². The van der Waals surface area contributed by atoms with Crippen LogP contribution in [0.2, 0.25) is 0 Å². The van der Waals surface area contributed by atoms with Gasteiger partial charge in [-0.3, -0.25) is 4.79 Å². The molecule has 0 unspecified atom stereocenters. The number of aliphatic hydroxyl groups is 1. The highest BCUT2D eigenvalue weighted by Crippen LogP contribution is 2.27. The van der Waals surface area contributed by atoms with Gasteiger partial charge in [-0.2, -0.15) is 0 Å². The number of rotatable bonds is 7. The van der Waals surface area contributed by atoms with Crippen LogP contribution < -0.4 is 14.8 Å². The van der Waals surface area contributed by atoms with Gasteiger partial charge < -0.3 is 24.8 Å². The molecule has 1 aromatic rings. The minimum atomic E-state index is -0.0570. The zero-order chi connectivity index (χ0) is 17.5. The number of piperidine rings is 1. The predicted molar refractivity (Wildman–Crippen MR) is 99.5 cm³/mol. The molecule has 1 saturated heterocycles. The standard InChI is InChI=1S/C18H28N2O4.ClH/c1-13-10-14(6-7-19-13)18(22)20(8-9-21)12-15-11-16(23-2)4-5-17(15)24-3;/h4-5,11,13-14,19,21H,6-10,12H2,1-3H3;1H/t13-,14-;/m0./s1. The van der Waals surface area contributed by atoms with E-state index in [0.29, 0.717) is 24.9 Å². The molecule has 0 saturated carbocycles. The smallest absolute Gasteiger partial charge is 0.226 e. The van der Waals surface area contributed by atoms with E-state index in [9.17, 15) is 9.90 Å². The van der Waals surface area contributed by atoms with Crippen LogP contribution >= 0.6 is 12.4 Å². The van der Waals surface area contributed by atoms with E-state index < -0.39 is 0 Å². The molecule has 1 aliphatic rings. The molecular weight excluding hydrogens is 344 g/mol. The van der Waals surface area contributed by atoms with Gasteiger partial charge in [-0.15, -0.1) is 12.4 Å². The molecule has 7 heteroatoms. The lowest BCUT2D eigenvalue weighted by molar-refractivity contribution is -0.137. The highest BCUT2D eigenvalue weighted by atomic mass is 35.5. The number of carbonyl (C=O) groups excluding carboxylic acids is 1. The Bertz CT molecular complexity index is 556. The van der Waals surface area contributed by atoms with Crippen LogP contribution in [0.25, 0.3) is 0 Å². The SMILES string of the molecule is COc1ccc(OC)c(CN(CCO)C(=O)[C@H]2CCN[C@@H](C)C2)c1.Cl. The summed E-state index contributed by atoms with van der Waals surface area (Å²) in [5, 5.41) is 12.7. The molecule has 0 radical (unpaired) electrons. The van der Waals surface area contributed by atoms with Gasteiger partial charge in [-0.25, -0.2) is 0 Å². The maximum atomic E-state index is 12.9. The highest BCUT2D eigenvalue weighted by Gasteiger charge is 2.28. The molecule has 6 nitrogen and oxygen atoms in total. The number of methoxy groups -OCH3 is 2. The Kier molecular flexibility index (Phi) is 9.03. The number of carbonyl (C=O) groups is 1. The average Bonchev–Trinajstić information content (AvgIpc) is 2.60. The summed E-state index contributed by atoms with van der Waals surface area (Å²) in [6.45, 7) is 3.61. The summed E-state index contributed by atoms with van der Waals surface area (Å²) in [6, 6.07) is 5.88. The van der Waals surface area contributed by atoms with Crippen LogP contribution in [-0.2, 0) is 11.3 Å². The van der Waals surface area contributed by atoms with Crippen molar-refractivity contribution in [2.45, 2.75) is 32.4 Å². The quantitative estimate of drug-likeness (QED) is 0.764.